The number of para-hydroxylation sites is 2. The molecule has 1 aliphatic rings. The molecule has 0 aliphatic carbocycles. The molecular weight excluding hydrogens is 596 g/mol. The molecule has 1 aliphatic heterocycles. The topological polar surface area (TPSA) is 94.7 Å². The van der Waals surface area contributed by atoms with Crippen molar-refractivity contribution in [3.63, 3.8) is 0 Å². The third kappa shape index (κ3) is 5.74. The highest BCUT2D eigenvalue weighted by Gasteiger charge is 2.32. The number of aromatic nitrogens is 2. The van der Waals surface area contributed by atoms with Gasteiger partial charge in [0.25, 0.3) is 11.5 Å². The summed E-state index contributed by atoms with van der Waals surface area (Å²) in [5, 5.41) is 3.93. The van der Waals surface area contributed by atoms with Gasteiger partial charge in [0.15, 0.2) is 4.80 Å². The predicted octanol–water partition coefficient (Wildman–Crippen LogP) is 5.82. The fourth-order valence-electron chi connectivity index (χ4n) is 6.02. The standard InChI is InChI=1S/C37H36N4O4S/c1-6-45-32(42)21-40-24(5)29(28-14-10-11-15-30(28)40)20-31-36(44)41-34(26-18-16-25(17-19-26)22(2)3)33(23(4)38-37(41)46-31)35(43)39-27-12-8-7-9-13-27/h7-20,22,34H,6,21H2,1-5H3,(H,39,43)/b31-20-/t34-/m0/s1. The molecule has 234 valence electrons. The summed E-state index contributed by atoms with van der Waals surface area (Å²) >= 11 is 1.29. The molecule has 46 heavy (non-hydrogen) atoms. The van der Waals surface area contributed by atoms with Crippen LogP contribution in [0.25, 0.3) is 17.0 Å². The van der Waals surface area contributed by atoms with Crippen LogP contribution in [-0.4, -0.2) is 27.6 Å². The van der Waals surface area contributed by atoms with Crippen molar-refractivity contribution in [2.45, 2.75) is 53.1 Å². The minimum atomic E-state index is -0.672. The number of nitrogens with one attached hydrogen (secondary N) is 1. The summed E-state index contributed by atoms with van der Waals surface area (Å²) in [7, 11) is 0. The van der Waals surface area contributed by atoms with Crippen molar-refractivity contribution in [1.82, 2.24) is 9.13 Å². The molecule has 5 aromatic rings. The van der Waals surface area contributed by atoms with Gasteiger partial charge in [-0.15, -0.1) is 0 Å². The van der Waals surface area contributed by atoms with Gasteiger partial charge in [-0.3, -0.25) is 19.0 Å². The highest BCUT2D eigenvalue weighted by Crippen LogP contribution is 2.32. The number of ether oxygens (including phenoxy) is 1. The molecule has 6 rings (SSSR count). The van der Waals surface area contributed by atoms with Gasteiger partial charge in [0, 0.05) is 27.8 Å². The molecule has 9 heteroatoms. The average Bonchev–Trinajstić information content (AvgIpc) is 3.49. The number of carbonyl (C=O) groups excluding carboxylic acids is 2. The molecule has 0 fully saturated rings. The summed E-state index contributed by atoms with van der Waals surface area (Å²) in [5.74, 6) is -0.293. The first-order chi connectivity index (χ1) is 22.2. The van der Waals surface area contributed by atoms with Gasteiger partial charge in [-0.1, -0.05) is 85.8 Å². The molecule has 1 atom stereocenters. The van der Waals surface area contributed by atoms with Crippen LogP contribution in [0.1, 0.15) is 62.0 Å². The van der Waals surface area contributed by atoms with Gasteiger partial charge in [0.1, 0.15) is 6.54 Å². The molecule has 0 radical (unpaired) electrons. The monoisotopic (exact) mass is 632 g/mol. The summed E-state index contributed by atoms with van der Waals surface area (Å²) in [6, 6.07) is 24.5. The summed E-state index contributed by atoms with van der Waals surface area (Å²) in [6.07, 6.45) is 1.88. The van der Waals surface area contributed by atoms with E-state index in [4.69, 9.17) is 9.73 Å². The van der Waals surface area contributed by atoms with E-state index in [0.29, 0.717) is 38.8 Å². The minimum Gasteiger partial charge on any atom is -0.465 e. The number of esters is 1. The van der Waals surface area contributed by atoms with Crippen molar-refractivity contribution in [2.24, 2.45) is 4.99 Å². The SMILES string of the molecule is CCOC(=O)Cn1c(C)c(/C=c2\sc3n(c2=O)[C@@H](c2ccc(C(C)C)cc2)C(C(=O)Nc2ccccc2)=C(C)N=3)c2ccccc21. The lowest BCUT2D eigenvalue weighted by Crippen LogP contribution is -2.40. The van der Waals surface area contributed by atoms with Gasteiger partial charge in [0.2, 0.25) is 0 Å². The Hall–Kier alpha value is -5.02. The first-order valence-electron chi connectivity index (χ1n) is 15.4. The Balaban J connectivity index is 1.52. The normalized spacial score (nSPS) is 14.8. The number of carbonyl (C=O) groups is 2. The maximum atomic E-state index is 14.4. The van der Waals surface area contributed by atoms with Crippen LogP contribution in [0, 0.1) is 6.92 Å². The van der Waals surface area contributed by atoms with Crippen LogP contribution in [0.5, 0.6) is 0 Å². The second-order valence-electron chi connectivity index (χ2n) is 11.6. The molecule has 0 spiro atoms. The fraction of sp³-hybridized carbons (Fsp3) is 0.243. The highest BCUT2D eigenvalue weighted by molar-refractivity contribution is 7.07. The van der Waals surface area contributed by atoms with Crippen molar-refractivity contribution < 1.29 is 14.3 Å². The van der Waals surface area contributed by atoms with E-state index in [1.54, 1.807) is 11.5 Å². The number of rotatable bonds is 8. The molecule has 8 nitrogen and oxygen atoms in total. The largest absolute Gasteiger partial charge is 0.465 e. The second-order valence-corrected chi connectivity index (χ2v) is 12.6. The van der Waals surface area contributed by atoms with Crippen molar-refractivity contribution in [1.29, 1.82) is 0 Å². The van der Waals surface area contributed by atoms with Crippen LogP contribution in [0.2, 0.25) is 0 Å². The quantitative estimate of drug-likeness (QED) is 0.218. The number of hydrogen-bond acceptors (Lipinski definition) is 6. The predicted molar refractivity (Wildman–Crippen MR) is 183 cm³/mol. The molecule has 0 saturated carbocycles. The number of allylic oxidation sites excluding steroid dienone is 1. The van der Waals surface area contributed by atoms with Gasteiger partial charge in [0.05, 0.1) is 28.5 Å². The Morgan fingerprint density at radius 1 is 1.00 bits per heavy atom. The number of benzene rings is 3. The zero-order valence-corrected chi connectivity index (χ0v) is 27.4. The van der Waals surface area contributed by atoms with E-state index < -0.39 is 6.04 Å². The second kappa shape index (κ2) is 12.8. The molecule has 3 heterocycles. The summed E-state index contributed by atoms with van der Waals surface area (Å²) < 4.78 is 9.28. The van der Waals surface area contributed by atoms with Crippen LogP contribution >= 0.6 is 11.3 Å². The van der Waals surface area contributed by atoms with E-state index in [9.17, 15) is 14.4 Å². The third-order valence-electron chi connectivity index (χ3n) is 8.36. The van der Waals surface area contributed by atoms with Crippen LogP contribution in [0.15, 0.2) is 99.9 Å². The summed E-state index contributed by atoms with van der Waals surface area (Å²) in [5.41, 5.74) is 5.97. The molecule has 3 aromatic carbocycles. The third-order valence-corrected chi connectivity index (χ3v) is 9.35. The van der Waals surface area contributed by atoms with Crippen molar-refractivity contribution >= 4 is 45.9 Å². The van der Waals surface area contributed by atoms with E-state index in [1.165, 1.54) is 16.9 Å². The number of nitrogens with zero attached hydrogens (tertiary/aromatic N) is 3. The van der Waals surface area contributed by atoms with Gasteiger partial charge in [-0.25, -0.2) is 4.99 Å². The Morgan fingerprint density at radius 2 is 1.70 bits per heavy atom. The molecule has 0 unspecified atom stereocenters. The van der Waals surface area contributed by atoms with Crippen molar-refractivity contribution in [3.8, 4) is 0 Å². The van der Waals surface area contributed by atoms with E-state index in [2.05, 4.69) is 31.3 Å². The molecule has 1 amide bonds. The van der Waals surface area contributed by atoms with E-state index in [1.807, 2.05) is 91.2 Å². The van der Waals surface area contributed by atoms with E-state index in [-0.39, 0.29) is 24.0 Å². The smallest absolute Gasteiger partial charge is 0.325 e. The number of amides is 1. The number of anilines is 1. The molecule has 0 bridgehead atoms. The Kier molecular flexibility index (Phi) is 8.60. The lowest BCUT2D eigenvalue weighted by molar-refractivity contribution is -0.143. The van der Waals surface area contributed by atoms with Gasteiger partial charge < -0.3 is 14.6 Å². The van der Waals surface area contributed by atoms with Crippen LogP contribution < -0.4 is 20.2 Å². The Labute approximate surface area is 271 Å². The molecular formula is C37H36N4O4S. The van der Waals surface area contributed by atoms with Crippen LogP contribution in [0.3, 0.4) is 0 Å². The first-order valence-corrected chi connectivity index (χ1v) is 16.2. The number of hydrogen-bond donors (Lipinski definition) is 1. The fourth-order valence-corrected chi connectivity index (χ4v) is 7.05. The van der Waals surface area contributed by atoms with Crippen molar-refractivity contribution in [2.75, 3.05) is 11.9 Å². The Bertz CT molecular complexity index is 2170. The Morgan fingerprint density at radius 3 is 2.39 bits per heavy atom. The van der Waals surface area contributed by atoms with Gasteiger partial charge >= 0.3 is 5.97 Å². The molecule has 0 saturated heterocycles. The van der Waals surface area contributed by atoms with E-state index >= 15 is 0 Å². The van der Waals surface area contributed by atoms with Gasteiger partial charge in [-0.2, -0.15) is 0 Å². The zero-order valence-electron chi connectivity index (χ0n) is 26.5. The molecule has 1 N–H and O–H groups in total. The van der Waals surface area contributed by atoms with Gasteiger partial charge in [-0.05, 0) is 62.1 Å². The lowest BCUT2D eigenvalue weighted by Gasteiger charge is -2.25. The average molecular weight is 633 g/mol. The minimum absolute atomic E-state index is 0.0702. The van der Waals surface area contributed by atoms with Crippen molar-refractivity contribution in [3.05, 3.63) is 132 Å². The first kappa shape index (κ1) is 31.0. The van der Waals surface area contributed by atoms with Crippen LogP contribution in [0.4, 0.5) is 5.69 Å². The number of fused-ring (bicyclic) bond motifs is 2. The van der Waals surface area contributed by atoms with E-state index in [0.717, 1.165) is 27.7 Å². The number of thiazole rings is 1. The highest BCUT2D eigenvalue weighted by atomic mass is 32.1. The summed E-state index contributed by atoms with van der Waals surface area (Å²) in [6.45, 7) is 10.2. The summed E-state index contributed by atoms with van der Waals surface area (Å²) in [4.78, 5) is 46.1. The maximum Gasteiger partial charge on any atom is 0.325 e. The van der Waals surface area contributed by atoms with Crippen LogP contribution in [-0.2, 0) is 20.9 Å². The molecule has 2 aromatic heterocycles. The lowest BCUT2D eigenvalue weighted by atomic mass is 9.93. The maximum absolute atomic E-state index is 14.4. The zero-order chi connectivity index (χ0) is 32.5.